The lowest BCUT2D eigenvalue weighted by Crippen LogP contribution is -2.46. The molecule has 4 heterocycles. The van der Waals surface area contributed by atoms with Crippen LogP contribution in [0.25, 0.3) is 11.3 Å². The Balaban J connectivity index is 1.34. The van der Waals surface area contributed by atoms with Crippen molar-refractivity contribution in [1.29, 1.82) is 0 Å². The standard InChI is InChI=1S/C18H20ClN5S/c19-18-4-3-16(25-18)13-22-8-10-23(11-9-22)14-24-17(5-7-21-24)15-2-1-6-20-12-15/h1-7,12H,8-11,13-14H2. The van der Waals surface area contributed by atoms with Crippen LogP contribution >= 0.6 is 22.9 Å². The van der Waals surface area contributed by atoms with Crippen LogP contribution in [0.2, 0.25) is 4.34 Å². The summed E-state index contributed by atoms with van der Waals surface area (Å²) < 4.78 is 2.93. The number of piperazine rings is 1. The van der Waals surface area contributed by atoms with Gasteiger partial charge in [-0.1, -0.05) is 11.6 Å². The highest BCUT2D eigenvalue weighted by Crippen LogP contribution is 2.23. The molecule has 0 atom stereocenters. The van der Waals surface area contributed by atoms with E-state index in [0.717, 1.165) is 55.0 Å². The molecule has 25 heavy (non-hydrogen) atoms. The molecule has 0 saturated carbocycles. The maximum atomic E-state index is 6.02. The second-order valence-corrected chi connectivity index (χ2v) is 8.00. The molecule has 7 heteroatoms. The molecule has 0 radical (unpaired) electrons. The van der Waals surface area contributed by atoms with E-state index in [0.29, 0.717) is 0 Å². The summed E-state index contributed by atoms with van der Waals surface area (Å²) in [5.74, 6) is 0. The number of aromatic nitrogens is 3. The molecule has 0 bridgehead atoms. The first kappa shape index (κ1) is 16.7. The number of thiophene rings is 1. The summed E-state index contributed by atoms with van der Waals surface area (Å²) in [7, 11) is 0. The average molecular weight is 374 g/mol. The second kappa shape index (κ2) is 7.66. The molecule has 1 fully saturated rings. The van der Waals surface area contributed by atoms with E-state index in [2.05, 4.69) is 36.7 Å². The zero-order valence-electron chi connectivity index (χ0n) is 13.9. The number of rotatable bonds is 5. The minimum absolute atomic E-state index is 0.815. The van der Waals surface area contributed by atoms with Crippen LogP contribution in [-0.2, 0) is 13.2 Å². The fourth-order valence-corrected chi connectivity index (χ4v) is 4.27. The third-order valence-corrected chi connectivity index (χ3v) is 5.70. The number of nitrogens with zero attached hydrogens (tertiary/aromatic N) is 5. The van der Waals surface area contributed by atoms with E-state index < -0.39 is 0 Å². The van der Waals surface area contributed by atoms with Crippen LogP contribution in [0.15, 0.2) is 48.9 Å². The molecule has 4 rings (SSSR count). The van der Waals surface area contributed by atoms with Crippen molar-refractivity contribution in [3.63, 3.8) is 0 Å². The fourth-order valence-electron chi connectivity index (χ4n) is 3.14. The molecule has 0 N–H and O–H groups in total. The smallest absolute Gasteiger partial charge is 0.0936 e. The monoisotopic (exact) mass is 373 g/mol. The van der Waals surface area contributed by atoms with E-state index in [1.807, 2.05) is 30.6 Å². The third kappa shape index (κ3) is 4.10. The van der Waals surface area contributed by atoms with Crippen molar-refractivity contribution in [3.05, 3.63) is 58.1 Å². The van der Waals surface area contributed by atoms with Crippen molar-refractivity contribution in [1.82, 2.24) is 24.6 Å². The van der Waals surface area contributed by atoms with Gasteiger partial charge < -0.3 is 0 Å². The number of pyridine rings is 1. The van der Waals surface area contributed by atoms with Crippen LogP contribution in [0.5, 0.6) is 0 Å². The van der Waals surface area contributed by atoms with E-state index in [1.165, 1.54) is 4.88 Å². The zero-order valence-corrected chi connectivity index (χ0v) is 15.5. The summed E-state index contributed by atoms with van der Waals surface area (Å²) in [6.07, 6.45) is 5.54. The van der Waals surface area contributed by atoms with Crippen LogP contribution < -0.4 is 0 Å². The highest BCUT2D eigenvalue weighted by atomic mass is 35.5. The summed E-state index contributed by atoms with van der Waals surface area (Å²) in [6.45, 7) is 6.04. The topological polar surface area (TPSA) is 37.2 Å². The van der Waals surface area contributed by atoms with Gasteiger partial charge in [0, 0.05) is 61.8 Å². The van der Waals surface area contributed by atoms with Crippen LogP contribution in [0, 0.1) is 0 Å². The Hall–Kier alpha value is -1.73. The maximum absolute atomic E-state index is 6.02. The molecular weight excluding hydrogens is 354 g/mol. The van der Waals surface area contributed by atoms with Crippen LogP contribution in [0.3, 0.4) is 0 Å². The lowest BCUT2D eigenvalue weighted by Gasteiger charge is -2.34. The second-order valence-electron chi connectivity index (χ2n) is 6.20. The molecule has 1 aliphatic rings. The Morgan fingerprint density at radius 1 is 1.00 bits per heavy atom. The molecule has 130 valence electrons. The summed E-state index contributed by atoms with van der Waals surface area (Å²) in [5.41, 5.74) is 2.22. The zero-order chi connectivity index (χ0) is 17.1. The van der Waals surface area contributed by atoms with Crippen molar-refractivity contribution in [2.45, 2.75) is 13.2 Å². The molecule has 5 nitrogen and oxygen atoms in total. The lowest BCUT2D eigenvalue weighted by molar-refractivity contribution is 0.1000. The fraction of sp³-hybridized carbons (Fsp3) is 0.333. The van der Waals surface area contributed by atoms with E-state index >= 15 is 0 Å². The van der Waals surface area contributed by atoms with Gasteiger partial charge in [0.2, 0.25) is 0 Å². The summed E-state index contributed by atoms with van der Waals surface area (Å²) >= 11 is 7.70. The molecular formula is C18H20ClN5S. The van der Waals surface area contributed by atoms with E-state index in [1.54, 1.807) is 17.5 Å². The first-order valence-corrected chi connectivity index (χ1v) is 9.58. The highest BCUT2D eigenvalue weighted by molar-refractivity contribution is 7.16. The van der Waals surface area contributed by atoms with Crippen molar-refractivity contribution in [2.75, 3.05) is 26.2 Å². The number of hydrogen-bond donors (Lipinski definition) is 0. The number of hydrogen-bond acceptors (Lipinski definition) is 5. The largest absolute Gasteiger partial charge is 0.296 e. The first-order valence-electron chi connectivity index (χ1n) is 8.39. The molecule has 1 aliphatic heterocycles. The van der Waals surface area contributed by atoms with E-state index in [4.69, 9.17) is 11.6 Å². The summed E-state index contributed by atoms with van der Waals surface area (Å²) in [5, 5.41) is 4.50. The maximum Gasteiger partial charge on any atom is 0.0936 e. The van der Waals surface area contributed by atoms with Gasteiger partial charge in [-0.15, -0.1) is 11.3 Å². The number of halogens is 1. The van der Waals surface area contributed by atoms with Gasteiger partial charge in [0.1, 0.15) is 0 Å². The summed E-state index contributed by atoms with van der Waals surface area (Å²) in [6, 6.07) is 10.2. The third-order valence-electron chi connectivity index (χ3n) is 4.48. The Labute approximate surface area is 156 Å². The molecule has 0 unspecified atom stereocenters. The average Bonchev–Trinajstić information content (AvgIpc) is 3.26. The van der Waals surface area contributed by atoms with Gasteiger partial charge >= 0.3 is 0 Å². The minimum atomic E-state index is 0.815. The highest BCUT2D eigenvalue weighted by Gasteiger charge is 2.19. The van der Waals surface area contributed by atoms with Gasteiger partial charge in [0.05, 0.1) is 16.7 Å². The Bertz CT molecular complexity index is 808. The van der Waals surface area contributed by atoms with Gasteiger partial charge in [-0.2, -0.15) is 5.10 Å². The van der Waals surface area contributed by atoms with Gasteiger partial charge in [-0.05, 0) is 30.3 Å². The quantitative estimate of drug-likeness (QED) is 0.686. The Morgan fingerprint density at radius 2 is 1.84 bits per heavy atom. The Kier molecular flexibility index (Phi) is 5.12. The van der Waals surface area contributed by atoms with E-state index in [-0.39, 0.29) is 0 Å². The summed E-state index contributed by atoms with van der Waals surface area (Å²) in [4.78, 5) is 10.5. The van der Waals surface area contributed by atoms with E-state index in [9.17, 15) is 0 Å². The first-order chi connectivity index (χ1) is 12.3. The molecule has 0 amide bonds. The SMILES string of the molecule is Clc1ccc(CN2CCN(Cn3nccc3-c3cccnc3)CC2)s1. The molecule has 1 saturated heterocycles. The molecule has 0 aliphatic carbocycles. The van der Waals surface area contributed by atoms with Crippen LogP contribution in [-0.4, -0.2) is 50.7 Å². The van der Waals surface area contributed by atoms with Gasteiger partial charge in [-0.25, -0.2) is 0 Å². The van der Waals surface area contributed by atoms with Crippen LogP contribution in [0.4, 0.5) is 0 Å². The minimum Gasteiger partial charge on any atom is -0.296 e. The predicted molar refractivity (Wildman–Crippen MR) is 102 cm³/mol. The lowest BCUT2D eigenvalue weighted by atomic mass is 10.2. The molecule has 0 spiro atoms. The van der Waals surface area contributed by atoms with Crippen molar-refractivity contribution < 1.29 is 0 Å². The van der Waals surface area contributed by atoms with Gasteiger partial charge in [0.25, 0.3) is 0 Å². The predicted octanol–water partition coefficient (Wildman–Crippen LogP) is 3.44. The normalized spacial score (nSPS) is 16.4. The Morgan fingerprint density at radius 3 is 2.56 bits per heavy atom. The molecule has 3 aromatic rings. The van der Waals surface area contributed by atoms with Crippen molar-refractivity contribution >= 4 is 22.9 Å². The van der Waals surface area contributed by atoms with Crippen molar-refractivity contribution in [2.24, 2.45) is 0 Å². The van der Waals surface area contributed by atoms with Crippen LogP contribution in [0.1, 0.15) is 4.88 Å². The molecule has 3 aromatic heterocycles. The van der Waals surface area contributed by atoms with Gasteiger partial charge in [0.15, 0.2) is 0 Å². The molecule has 0 aromatic carbocycles. The van der Waals surface area contributed by atoms with Crippen molar-refractivity contribution in [3.8, 4) is 11.3 Å². The van der Waals surface area contributed by atoms with Gasteiger partial charge in [-0.3, -0.25) is 19.5 Å².